The Morgan fingerprint density at radius 1 is 1.38 bits per heavy atom. The van der Waals surface area contributed by atoms with Gasteiger partial charge in [0.2, 0.25) is 0 Å². The number of hydrogen-bond acceptors (Lipinski definition) is 4. The van der Waals surface area contributed by atoms with Gasteiger partial charge in [-0.25, -0.2) is 0 Å². The Kier molecular flexibility index (Phi) is 6.42. The number of ether oxygens (including phenoxy) is 2. The summed E-state index contributed by atoms with van der Waals surface area (Å²) in [5.41, 5.74) is 6.44. The molecule has 5 heteroatoms. The number of piperidine rings is 1. The molecule has 1 aromatic rings. The highest BCUT2D eigenvalue weighted by Crippen LogP contribution is 2.14. The van der Waals surface area contributed by atoms with Gasteiger partial charge >= 0.3 is 0 Å². The molecular weight excluding hydrogens is 284 g/mol. The Morgan fingerprint density at radius 2 is 2.14 bits per heavy atom. The van der Waals surface area contributed by atoms with Crippen LogP contribution in [0.15, 0.2) is 24.3 Å². The van der Waals surface area contributed by atoms with E-state index in [1.165, 1.54) is 12.8 Å². The Labute approximate surface area is 132 Å². The van der Waals surface area contributed by atoms with Crippen molar-refractivity contribution in [3.05, 3.63) is 29.8 Å². The van der Waals surface area contributed by atoms with Gasteiger partial charge in [-0.05, 0) is 50.6 Å². The molecule has 0 amide bonds. The van der Waals surface area contributed by atoms with Crippen LogP contribution >= 0.6 is 12.2 Å². The van der Waals surface area contributed by atoms with Gasteiger partial charge in [0.25, 0.3) is 0 Å². The van der Waals surface area contributed by atoms with Gasteiger partial charge in [0, 0.05) is 25.3 Å². The molecule has 116 valence electrons. The van der Waals surface area contributed by atoms with Crippen molar-refractivity contribution in [1.82, 2.24) is 4.90 Å². The zero-order valence-corrected chi connectivity index (χ0v) is 13.4. The van der Waals surface area contributed by atoms with Gasteiger partial charge in [-0.1, -0.05) is 12.2 Å². The lowest BCUT2D eigenvalue weighted by Crippen LogP contribution is -2.41. The van der Waals surface area contributed by atoms with Gasteiger partial charge in [0.1, 0.15) is 17.3 Å². The van der Waals surface area contributed by atoms with E-state index in [2.05, 4.69) is 11.8 Å². The van der Waals surface area contributed by atoms with Crippen molar-refractivity contribution in [1.29, 1.82) is 0 Å². The first-order valence-electron chi connectivity index (χ1n) is 7.55. The highest BCUT2D eigenvalue weighted by Gasteiger charge is 2.19. The largest absolute Gasteiger partial charge is 0.492 e. The maximum absolute atomic E-state index is 5.77. The van der Waals surface area contributed by atoms with E-state index in [0.29, 0.717) is 17.7 Å². The number of nitrogens with two attached hydrogens (primary N) is 1. The fourth-order valence-corrected chi connectivity index (χ4v) is 2.73. The molecule has 2 N–H and O–H groups in total. The molecule has 1 unspecified atom stereocenters. The van der Waals surface area contributed by atoms with Crippen LogP contribution in [0.3, 0.4) is 0 Å². The van der Waals surface area contributed by atoms with E-state index in [-0.39, 0.29) is 0 Å². The second kappa shape index (κ2) is 8.32. The quantitative estimate of drug-likeness (QED) is 0.783. The smallest absolute Gasteiger partial charge is 0.119 e. The summed E-state index contributed by atoms with van der Waals surface area (Å²) in [7, 11) is 0. The maximum Gasteiger partial charge on any atom is 0.119 e. The molecule has 1 fully saturated rings. The minimum Gasteiger partial charge on any atom is -0.492 e. The Balaban J connectivity index is 1.72. The third-order valence-electron chi connectivity index (χ3n) is 3.68. The van der Waals surface area contributed by atoms with E-state index in [9.17, 15) is 0 Å². The van der Waals surface area contributed by atoms with Crippen LogP contribution in [0.5, 0.6) is 5.75 Å². The molecular formula is C16H24N2O2S. The van der Waals surface area contributed by atoms with Crippen LogP contribution in [-0.2, 0) is 4.74 Å². The summed E-state index contributed by atoms with van der Waals surface area (Å²) in [6, 6.07) is 7.61. The van der Waals surface area contributed by atoms with E-state index in [1.54, 1.807) is 0 Å². The fourth-order valence-electron chi connectivity index (χ4n) is 2.60. The monoisotopic (exact) mass is 308 g/mol. The Bertz CT molecular complexity index is 448. The Morgan fingerprint density at radius 3 is 2.81 bits per heavy atom. The second-order valence-electron chi connectivity index (χ2n) is 5.26. The van der Waals surface area contributed by atoms with E-state index in [0.717, 1.165) is 37.6 Å². The first-order valence-corrected chi connectivity index (χ1v) is 7.96. The predicted octanol–water partition coefficient (Wildman–Crippen LogP) is 2.20. The van der Waals surface area contributed by atoms with Crippen LogP contribution in [0.2, 0.25) is 0 Å². The molecule has 2 rings (SSSR count). The summed E-state index contributed by atoms with van der Waals surface area (Å²) in [5, 5.41) is 0. The molecule has 0 bridgehead atoms. The zero-order chi connectivity index (χ0) is 15.1. The van der Waals surface area contributed by atoms with Crippen molar-refractivity contribution in [3.63, 3.8) is 0 Å². The second-order valence-corrected chi connectivity index (χ2v) is 5.70. The number of thiocarbonyl (C=S) groups is 1. The van der Waals surface area contributed by atoms with Crippen molar-refractivity contribution < 1.29 is 9.47 Å². The first-order chi connectivity index (χ1) is 10.2. The van der Waals surface area contributed by atoms with E-state index in [1.807, 2.05) is 24.3 Å². The number of rotatable bonds is 7. The van der Waals surface area contributed by atoms with Crippen molar-refractivity contribution in [2.75, 3.05) is 32.8 Å². The molecule has 1 aromatic carbocycles. The molecule has 4 nitrogen and oxygen atoms in total. The van der Waals surface area contributed by atoms with Crippen molar-refractivity contribution in [3.8, 4) is 5.75 Å². The van der Waals surface area contributed by atoms with Gasteiger partial charge in [0.05, 0.1) is 6.10 Å². The number of benzene rings is 1. The molecule has 0 aliphatic carbocycles. The van der Waals surface area contributed by atoms with Crippen LogP contribution in [-0.4, -0.2) is 48.8 Å². The molecule has 1 atom stereocenters. The van der Waals surface area contributed by atoms with Gasteiger partial charge in [-0.3, -0.25) is 4.90 Å². The average Bonchev–Trinajstić information content (AvgIpc) is 2.48. The van der Waals surface area contributed by atoms with Crippen LogP contribution in [0.1, 0.15) is 25.3 Å². The molecule has 1 aliphatic rings. The average molecular weight is 308 g/mol. The highest BCUT2D eigenvalue weighted by atomic mass is 32.1. The van der Waals surface area contributed by atoms with Crippen LogP contribution in [0.4, 0.5) is 0 Å². The van der Waals surface area contributed by atoms with Gasteiger partial charge in [0.15, 0.2) is 0 Å². The van der Waals surface area contributed by atoms with E-state index < -0.39 is 0 Å². The highest BCUT2D eigenvalue weighted by molar-refractivity contribution is 7.80. The lowest BCUT2D eigenvalue weighted by atomic mass is 10.1. The van der Waals surface area contributed by atoms with Crippen LogP contribution < -0.4 is 10.5 Å². The molecule has 0 radical (unpaired) electrons. The van der Waals surface area contributed by atoms with Gasteiger partial charge < -0.3 is 15.2 Å². The number of likely N-dealkylation sites (tertiary alicyclic amines) is 1. The predicted molar refractivity (Wildman–Crippen MR) is 88.9 cm³/mol. The summed E-state index contributed by atoms with van der Waals surface area (Å²) in [6.07, 6.45) is 2.76. The number of nitrogens with zero attached hydrogens (tertiary/aromatic N) is 1. The normalized spacial score (nSPS) is 19.4. The van der Waals surface area contributed by atoms with Gasteiger partial charge in [-0.15, -0.1) is 0 Å². The van der Waals surface area contributed by atoms with Crippen molar-refractivity contribution >= 4 is 17.2 Å². The SMILES string of the molecule is CCOC1CCCN(CCOc2ccc(C(N)=S)cc2)C1. The molecule has 0 spiro atoms. The first kappa shape index (κ1) is 16.2. The molecule has 0 aromatic heterocycles. The lowest BCUT2D eigenvalue weighted by Gasteiger charge is -2.32. The number of hydrogen-bond donors (Lipinski definition) is 1. The molecule has 0 saturated carbocycles. The standard InChI is InChI=1S/C16H24N2O2S/c1-2-19-15-4-3-9-18(12-15)10-11-20-14-7-5-13(6-8-14)16(17)21/h5-8,15H,2-4,9-12H2,1H3,(H2,17,21). The van der Waals surface area contributed by atoms with E-state index >= 15 is 0 Å². The third-order valence-corrected chi connectivity index (χ3v) is 3.92. The van der Waals surface area contributed by atoms with Crippen LogP contribution in [0, 0.1) is 0 Å². The summed E-state index contributed by atoms with van der Waals surface area (Å²) in [5.74, 6) is 0.855. The van der Waals surface area contributed by atoms with Crippen molar-refractivity contribution in [2.24, 2.45) is 5.73 Å². The maximum atomic E-state index is 5.77. The van der Waals surface area contributed by atoms with Crippen molar-refractivity contribution in [2.45, 2.75) is 25.9 Å². The minimum absolute atomic E-state index is 0.383. The summed E-state index contributed by atoms with van der Waals surface area (Å²) < 4.78 is 11.5. The topological polar surface area (TPSA) is 47.7 Å². The minimum atomic E-state index is 0.383. The Hall–Kier alpha value is -1.17. The van der Waals surface area contributed by atoms with Crippen LogP contribution in [0.25, 0.3) is 0 Å². The van der Waals surface area contributed by atoms with E-state index in [4.69, 9.17) is 27.4 Å². The molecule has 1 heterocycles. The molecule has 1 aliphatic heterocycles. The third kappa shape index (κ3) is 5.26. The van der Waals surface area contributed by atoms with Gasteiger partial charge in [-0.2, -0.15) is 0 Å². The molecule has 1 saturated heterocycles. The molecule has 21 heavy (non-hydrogen) atoms. The summed E-state index contributed by atoms with van der Waals surface area (Å²) in [6.45, 7) is 6.61. The summed E-state index contributed by atoms with van der Waals surface area (Å²) >= 11 is 4.93. The lowest BCUT2D eigenvalue weighted by molar-refractivity contribution is 0.00304. The fraction of sp³-hybridized carbons (Fsp3) is 0.562. The summed E-state index contributed by atoms with van der Waals surface area (Å²) in [4.78, 5) is 2.82. The zero-order valence-electron chi connectivity index (χ0n) is 12.6.